The van der Waals surface area contributed by atoms with Gasteiger partial charge in [-0.05, 0) is 54.8 Å². The van der Waals surface area contributed by atoms with Crippen molar-refractivity contribution in [2.75, 3.05) is 27.1 Å². The number of hydrogen-bond donors (Lipinski definition) is 1. The lowest BCUT2D eigenvalue weighted by molar-refractivity contribution is 0.174. The summed E-state index contributed by atoms with van der Waals surface area (Å²) in [5, 5.41) is 0. The predicted molar refractivity (Wildman–Crippen MR) is 96.8 cm³/mol. The van der Waals surface area contributed by atoms with Gasteiger partial charge in [0.2, 0.25) is 6.79 Å². The molecule has 5 nitrogen and oxygen atoms in total. The molecule has 5 heteroatoms. The highest BCUT2D eigenvalue weighted by Crippen LogP contribution is 2.36. The molecule has 0 aliphatic carbocycles. The van der Waals surface area contributed by atoms with Gasteiger partial charge in [0.15, 0.2) is 23.0 Å². The van der Waals surface area contributed by atoms with Gasteiger partial charge in [0, 0.05) is 5.92 Å². The zero-order chi connectivity index (χ0) is 17.6. The molecule has 1 heterocycles. The van der Waals surface area contributed by atoms with Crippen molar-refractivity contribution < 1.29 is 18.9 Å². The lowest BCUT2D eigenvalue weighted by atomic mass is 9.91. The fourth-order valence-corrected chi connectivity index (χ4v) is 2.96. The molecule has 0 spiro atoms. The average molecular weight is 343 g/mol. The largest absolute Gasteiger partial charge is 0.493 e. The molecule has 0 bridgehead atoms. The molecule has 2 aromatic carbocycles. The Morgan fingerprint density at radius 2 is 1.92 bits per heavy atom. The fraction of sp³-hybridized carbons (Fsp3) is 0.400. The Hall–Kier alpha value is -2.40. The van der Waals surface area contributed by atoms with E-state index in [-0.39, 0.29) is 12.7 Å². The van der Waals surface area contributed by atoms with Crippen molar-refractivity contribution in [3.63, 3.8) is 0 Å². The van der Waals surface area contributed by atoms with Crippen LogP contribution in [0.15, 0.2) is 36.4 Å². The van der Waals surface area contributed by atoms with Gasteiger partial charge in [-0.3, -0.25) is 0 Å². The van der Waals surface area contributed by atoms with E-state index in [1.807, 2.05) is 24.3 Å². The van der Waals surface area contributed by atoms with Gasteiger partial charge in [0.1, 0.15) is 0 Å². The minimum absolute atomic E-state index is 0.196. The molecule has 0 saturated carbocycles. The first-order valence-electron chi connectivity index (χ1n) is 8.64. The van der Waals surface area contributed by atoms with Crippen LogP contribution in [-0.2, 0) is 6.42 Å². The third kappa shape index (κ3) is 3.99. The zero-order valence-electron chi connectivity index (χ0n) is 14.8. The van der Waals surface area contributed by atoms with E-state index in [2.05, 4.69) is 19.1 Å². The van der Waals surface area contributed by atoms with Crippen LogP contribution in [0.2, 0.25) is 0 Å². The third-order valence-electron chi connectivity index (χ3n) is 4.32. The van der Waals surface area contributed by atoms with E-state index in [1.54, 1.807) is 7.11 Å². The first-order chi connectivity index (χ1) is 12.2. The molecule has 2 aromatic rings. The standard InChI is InChI=1S/C20H25NO4/c1-3-8-23-19-10-14(4-6-17(19)22-2)9-16(12-21)15-5-7-18-20(11-15)25-13-24-18/h4-7,10-11,16H,3,8-9,12-13,21H2,1-2H3. The van der Waals surface area contributed by atoms with E-state index < -0.39 is 0 Å². The highest BCUT2D eigenvalue weighted by atomic mass is 16.7. The van der Waals surface area contributed by atoms with Gasteiger partial charge in [-0.2, -0.15) is 0 Å². The highest BCUT2D eigenvalue weighted by Gasteiger charge is 2.18. The minimum atomic E-state index is 0.196. The summed E-state index contributed by atoms with van der Waals surface area (Å²) >= 11 is 0. The Morgan fingerprint density at radius 1 is 1.08 bits per heavy atom. The predicted octanol–water partition coefficient (Wildman–Crippen LogP) is 3.50. The maximum atomic E-state index is 6.04. The summed E-state index contributed by atoms with van der Waals surface area (Å²) < 4.78 is 22.0. The van der Waals surface area contributed by atoms with E-state index in [4.69, 9.17) is 24.7 Å². The molecule has 1 unspecified atom stereocenters. The van der Waals surface area contributed by atoms with Crippen LogP contribution in [0.1, 0.15) is 30.4 Å². The Labute approximate surface area is 148 Å². The molecular formula is C20H25NO4. The topological polar surface area (TPSA) is 62.9 Å². The van der Waals surface area contributed by atoms with Crippen LogP contribution in [0.3, 0.4) is 0 Å². The maximum Gasteiger partial charge on any atom is 0.231 e. The minimum Gasteiger partial charge on any atom is -0.493 e. The summed E-state index contributed by atoms with van der Waals surface area (Å²) in [6, 6.07) is 12.1. The maximum absolute atomic E-state index is 6.04. The van der Waals surface area contributed by atoms with E-state index in [0.29, 0.717) is 13.2 Å². The second kappa shape index (κ2) is 8.12. The van der Waals surface area contributed by atoms with Gasteiger partial charge in [-0.15, -0.1) is 0 Å². The molecule has 0 amide bonds. The number of methoxy groups -OCH3 is 1. The molecule has 3 rings (SSSR count). The summed E-state index contributed by atoms with van der Waals surface area (Å²) in [5.41, 5.74) is 8.36. The van der Waals surface area contributed by atoms with Gasteiger partial charge in [0.25, 0.3) is 0 Å². The summed E-state index contributed by atoms with van der Waals surface area (Å²) in [5.74, 6) is 3.31. The van der Waals surface area contributed by atoms with Crippen molar-refractivity contribution in [2.24, 2.45) is 5.73 Å². The molecule has 0 fully saturated rings. The Bertz CT molecular complexity index is 717. The Kier molecular flexibility index (Phi) is 5.66. The van der Waals surface area contributed by atoms with Crippen molar-refractivity contribution in [3.8, 4) is 23.0 Å². The van der Waals surface area contributed by atoms with Crippen molar-refractivity contribution in [2.45, 2.75) is 25.7 Å². The summed E-state index contributed by atoms with van der Waals surface area (Å²) in [4.78, 5) is 0. The van der Waals surface area contributed by atoms with E-state index in [1.165, 1.54) is 5.56 Å². The lowest BCUT2D eigenvalue weighted by Gasteiger charge is -2.17. The number of benzene rings is 2. The van der Waals surface area contributed by atoms with Gasteiger partial charge in [-0.1, -0.05) is 19.1 Å². The molecular weight excluding hydrogens is 318 g/mol. The first-order valence-corrected chi connectivity index (χ1v) is 8.64. The summed E-state index contributed by atoms with van der Waals surface area (Å²) in [7, 11) is 1.66. The lowest BCUT2D eigenvalue weighted by Crippen LogP contribution is -2.15. The van der Waals surface area contributed by atoms with Crippen LogP contribution in [-0.4, -0.2) is 27.1 Å². The molecule has 134 valence electrons. The van der Waals surface area contributed by atoms with Crippen LogP contribution >= 0.6 is 0 Å². The van der Waals surface area contributed by atoms with Gasteiger partial charge < -0.3 is 24.7 Å². The van der Waals surface area contributed by atoms with Crippen LogP contribution in [0.5, 0.6) is 23.0 Å². The fourth-order valence-electron chi connectivity index (χ4n) is 2.96. The van der Waals surface area contributed by atoms with Crippen LogP contribution in [0, 0.1) is 0 Å². The number of hydrogen-bond acceptors (Lipinski definition) is 5. The molecule has 25 heavy (non-hydrogen) atoms. The number of nitrogens with two attached hydrogens (primary N) is 1. The van der Waals surface area contributed by atoms with Gasteiger partial charge in [0.05, 0.1) is 13.7 Å². The quantitative estimate of drug-likeness (QED) is 0.795. The first kappa shape index (κ1) is 17.4. The molecule has 0 radical (unpaired) electrons. The molecule has 0 aromatic heterocycles. The zero-order valence-corrected chi connectivity index (χ0v) is 14.8. The van der Waals surface area contributed by atoms with E-state index >= 15 is 0 Å². The Balaban J connectivity index is 1.79. The van der Waals surface area contributed by atoms with Crippen LogP contribution in [0.25, 0.3) is 0 Å². The normalized spacial score (nSPS) is 13.6. The van der Waals surface area contributed by atoms with Crippen molar-refractivity contribution >= 4 is 0 Å². The smallest absolute Gasteiger partial charge is 0.231 e. The second-order valence-corrected chi connectivity index (χ2v) is 6.08. The van der Waals surface area contributed by atoms with Crippen molar-refractivity contribution in [3.05, 3.63) is 47.5 Å². The summed E-state index contributed by atoms with van der Waals surface area (Å²) in [6.45, 7) is 3.59. The molecule has 2 N–H and O–H groups in total. The molecule has 1 aliphatic heterocycles. The van der Waals surface area contributed by atoms with E-state index in [9.17, 15) is 0 Å². The second-order valence-electron chi connectivity index (χ2n) is 6.08. The summed E-state index contributed by atoms with van der Waals surface area (Å²) in [6.07, 6.45) is 1.78. The number of fused-ring (bicyclic) bond motifs is 1. The van der Waals surface area contributed by atoms with Crippen LogP contribution in [0.4, 0.5) is 0 Å². The van der Waals surface area contributed by atoms with Crippen molar-refractivity contribution in [1.82, 2.24) is 0 Å². The number of ether oxygens (including phenoxy) is 4. The average Bonchev–Trinajstić information content (AvgIpc) is 3.12. The molecule has 1 aliphatic rings. The monoisotopic (exact) mass is 343 g/mol. The van der Waals surface area contributed by atoms with Gasteiger partial charge >= 0.3 is 0 Å². The molecule has 1 atom stereocenters. The number of rotatable bonds is 8. The molecule has 0 saturated heterocycles. The highest BCUT2D eigenvalue weighted by molar-refractivity contribution is 5.47. The SMILES string of the molecule is CCCOc1cc(CC(CN)c2ccc3c(c2)OCO3)ccc1OC. The Morgan fingerprint density at radius 3 is 2.68 bits per heavy atom. The van der Waals surface area contributed by atoms with Gasteiger partial charge in [-0.25, -0.2) is 0 Å². The van der Waals surface area contributed by atoms with Crippen LogP contribution < -0.4 is 24.7 Å². The van der Waals surface area contributed by atoms with E-state index in [0.717, 1.165) is 41.4 Å². The van der Waals surface area contributed by atoms with Crippen molar-refractivity contribution in [1.29, 1.82) is 0 Å². The third-order valence-corrected chi connectivity index (χ3v) is 4.32.